The molecule has 0 aliphatic carbocycles. The molecule has 1 amide bonds. The Hall–Kier alpha value is -1.26. The van der Waals surface area contributed by atoms with E-state index >= 15 is 0 Å². The van der Waals surface area contributed by atoms with Crippen molar-refractivity contribution in [1.82, 2.24) is 5.32 Å². The number of nitrogens with zero attached hydrogens (tertiary/aromatic N) is 1. The van der Waals surface area contributed by atoms with Crippen molar-refractivity contribution in [2.75, 3.05) is 25.0 Å². The van der Waals surface area contributed by atoms with Crippen molar-refractivity contribution >= 4 is 23.2 Å². The van der Waals surface area contributed by atoms with Crippen LogP contribution in [0.25, 0.3) is 0 Å². The second-order valence-electron chi connectivity index (χ2n) is 4.03. The summed E-state index contributed by atoms with van der Waals surface area (Å²) in [5.41, 5.74) is 1.58. The maximum atomic E-state index is 11.5. The summed E-state index contributed by atoms with van der Waals surface area (Å²) in [6, 6.07) is 5.44. The monoisotopic (exact) mass is 270 g/mol. The third-order valence-electron chi connectivity index (χ3n) is 2.68. The fourth-order valence-corrected chi connectivity index (χ4v) is 1.92. The summed E-state index contributed by atoms with van der Waals surface area (Å²) in [7, 11) is 1.62. The molecule has 0 aliphatic heterocycles. The number of aliphatic hydroxyl groups is 1. The lowest BCUT2D eigenvalue weighted by Crippen LogP contribution is -2.36. The molecule has 2 N–H and O–H groups in total. The maximum absolute atomic E-state index is 11.5. The van der Waals surface area contributed by atoms with Crippen LogP contribution in [-0.2, 0) is 11.4 Å². The molecule has 4 nitrogen and oxygen atoms in total. The molecule has 0 saturated heterocycles. The molecule has 0 radical (unpaired) electrons. The second kappa shape index (κ2) is 7.24. The SMILES string of the molecule is CCCN(CC(=O)NC)c1ccc(CO)c(Cl)c1. The average Bonchev–Trinajstić information content (AvgIpc) is 2.38. The number of carbonyl (C=O) groups excluding carboxylic acids is 1. The molecule has 100 valence electrons. The van der Waals surface area contributed by atoms with Crippen molar-refractivity contribution in [3.05, 3.63) is 28.8 Å². The summed E-state index contributed by atoms with van der Waals surface area (Å²) in [4.78, 5) is 13.4. The zero-order chi connectivity index (χ0) is 13.5. The maximum Gasteiger partial charge on any atom is 0.239 e. The molecule has 0 aliphatic rings. The molecular formula is C13H19ClN2O2. The van der Waals surface area contributed by atoms with Gasteiger partial charge in [0, 0.05) is 24.3 Å². The van der Waals surface area contributed by atoms with Crippen molar-refractivity contribution < 1.29 is 9.90 Å². The van der Waals surface area contributed by atoms with Crippen molar-refractivity contribution in [2.45, 2.75) is 20.0 Å². The van der Waals surface area contributed by atoms with Gasteiger partial charge in [-0.05, 0) is 24.1 Å². The normalized spacial score (nSPS) is 10.2. The Morgan fingerprint density at radius 3 is 2.72 bits per heavy atom. The Bertz CT molecular complexity index is 410. The fourth-order valence-electron chi connectivity index (χ4n) is 1.68. The predicted molar refractivity (Wildman–Crippen MR) is 73.9 cm³/mol. The van der Waals surface area contributed by atoms with E-state index in [9.17, 15) is 4.79 Å². The number of likely N-dealkylation sites (N-methyl/N-ethyl adjacent to an activating group) is 1. The Morgan fingerprint density at radius 2 is 2.22 bits per heavy atom. The van der Waals surface area contributed by atoms with E-state index in [1.807, 2.05) is 11.0 Å². The van der Waals surface area contributed by atoms with E-state index in [1.54, 1.807) is 19.2 Å². The molecule has 18 heavy (non-hydrogen) atoms. The molecule has 0 fully saturated rings. The molecule has 1 aromatic carbocycles. The number of carbonyl (C=O) groups is 1. The highest BCUT2D eigenvalue weighted by molar-refractivity contribution is 6.31. The molecule has 0 unspecified atom stereocenters. The number of anilines is 1. The predicted octanol–water partition coefficient (Wildman–Crippen LogP) is 1.79. The van der Waals surface area contributed by atoms with Crippen LogP contribution >= 0.6 is 11.6 Å². The van der Waals surface area contributed by atoms with Crippen molar-refractivity contribution in [3.8, 4) is 0 Å². The topological polar surface area (TPSA) is 52.6 Å². The highest BCUT2D eigenvalue weighted by Crippen LogP contribution is 2.24. The van der Waals surface area contributed by atoms with E-state index in [4.69, 9.17) is 16.7 Å². The summed E-state index contributed by atoms with van der Waals surface area (Å²) in [6.07, 6.45) is 0.941. The van der Waals surface area contributed by atoms with E-state index in [0.717, 1.165) is 18.7 Å². The summed E-state index contributed by atoms with van der Waals surface area (Å²) >= 11 is 6.06. The van der Waals surface area contributed by atoms with Gasteiger partial charge in [0.25, 0.3) is 0 Å². The number of hydrogen-bond acceptors (Lipinski definition) is 3. The van der Waals surface area contributed by atoms with Gasteiger partial charge < -0.3 is 15.3 Å². The number of hydrogen-bond donors (Lipinski definition) is 2. The first-order valence-electron chi connectivity index (χ1n) is 5.97. The Kier molecular flexibility index (Phi) is 5.95. The van der Waals surface area contributed by atoms with Crippen LogP contribution in [0.3, 0.4) is 0 Å². The van der Waals surface area contributed by atoms with E-state index in [1.165, 1.54) is 0 Å². The smallest absolute Gasteiger partial charge is 0.239 e. The number of benzene rings is 1. The summed E-state index contributed by atoms with van der Waals surface area (Å²) < 4.78 is 0. The molecule has 1 rings (SSSR count). The van der Waals surface area contributed by atoms with Gasteiger partial charge in [0.1, 0.15) is 0 Å². The van der Waals surface area contributed by atoms with Crippen LogP contribution in [0.1, 0.15) is 18.9 Å². The van der Waals surface area contributed by atoms with Gasteiger partial charge >= 0.3 is 0 Å². The third-order valence-corrected chi connectivity index (χ3v) is 3.03. The van der Waals surface area contributed by atoms with Gasteiger partial charge in [-0.25, -0.2) is 0 Å². The van der Waals surface area contributed by atoms with Crippen LogP contribution in [0.15, 0.2) is 18.2 Å². The van der Waals surface area contributed by atoms with Crippen LogP contribution in [0.4, 0.5) is 5.69 Å². The molecule has 0 spiro atoms. The van der Waals surface area contributed by atoms with E-state index in [2.05, 4.69) is 12.2 Å². The number of halogens is 1. The lowest BCUT2D eigenvalue weighted by Gasteiger charge is -2.24. The van der Waals surface area contributed by atoms with E-state index in [-0.39, 0.29) is 12.5 Å². The Balaban J connectivity index is 2.91. The van der Waals surface area contributed by atoms with E-state index < -0.39 is 0 Å². The lowest BCUT2D eigenvalue weighted by molar-refractivity contribution is -0.119. The van der Waals surface area contributed by atoms with Gasteiger partial charge in [0.05, 0.1) is 13.2 Å². The van der Waals surface area contributed by atoms with Gasteiger partial charge in [-0.1, -0.05) is 24.6 Å². The summed E-state index contributed by atoms with van der Waals surface area (Å²) in [6.45, 7) is 3.06. The van der Waals surface area contributed by atoms with Crippen LogP contribution in [0.2, 0.25) is 5.02 Å². The minimum atomic E-state index is -0.0810. The van der Waals surface area contributed by atoms with Gasteiger partial charge in [-0.3, -0.25) is 4.79 Å². The second-order valence-corrected chi connectivity index (χ2v) is 4.44. The Morgan fingerprint density at radius 1 is 1.50 bits per heavy atom. The van der Waals surface area contributed by atoms with Crippen LogP contribution < -0.4 is 10.2 Å². The Labute approximate surface area is 113 Å². The molecular weight excluding hydrogens is 252 g/mol. The highest BCUT2D eigenvalue weighted by Gasteiger charge is 2.11. The molecule has 1 aromatic rings. The average molecular weight is 271 g/mol. The van der Waals surface area contributed by atoms with Gasteiger partial charge in [0.15, 0.2) is 0 Å². The zero-order valence-electron chi connectivity index (χ0n) is 10.7. The van der Waals surface area contributed by atoms with Gasteiger partial charge in [0.2, 0.25) is 5.91 Å². The minimum absolute atomic E-state index is 0.0363. The largest absolute Gasteiger partial charge is 0.392 e. The third kappa shape index (κ3) is 3.89. The van der Waals surface area contributed by atoms with Crippen molar-refractivity contribution in [1.29, 1.82) is 0 Å². The lowest BCUT2D eigenvalue weighted by atomic mass is 10.2. The van der Waals surface area contributed by atoms with Crippen LogP contribution in [-0.4, -0.2) is 31.2 Å². The molecule has 0 saturated carbocycles. The number of rotatable bonds is 6. The summed E-state index contributed by atoms with van der Waals surface area (Å²) in [5, 5.41) is 12.2. The fraction of sp³-hybridized carbons (Fsp3) is 0.462. The minimum Gasteiger partial charge on any atom is -0.392 e. The first-order valence-corrected chi connectivity index (χ1v) is 6.35. The number of nitrogens with one attached hydrogen (secondary N) is 1. The highest BCUT2D eigenvalue weighted by atomic mass is 35.5. The number of aliphatic hydroxyl groups excluding tert-OH is 1. The number of amides is 1. The van der Waals surface area contributed by atoms with Crippen LogP contribution in [0.5, 0.6) is 0 Å². The van der Waals surface area contributed by atoms with Crippen LogP contribution in [0, 0.1) is 0 Å². The quantitative estimate of drug-likeness (QED) is 0.829. The molecule has 0 aromatic heterocycles. The van der Waals surface area contributed by atoms with Crippen molar-refractivity contribution in [3.63, 3.8) is 0 Å². The zero-order valence-corrected chi connectivity index (χ0v) is 11.5. The first-order chi connectivity index (χ1) is 8.62. The molecule has 0 atom stereocenters. The van der Waals surface area contributed by atoms with E-state index in [0.29, 0.717) is 17.1 Å². The summed E-state index contributed by atoms with van der Waals surface area (Å²) in [5.74, 6) is -0.0363. The van der Waals surface area contributed by atoms with Gasteiger partial charge in [-0.15, -0.1) is 0 Å². The van der Waals surface area contributed by atoms with Gasteiger partial charge in [-0.2, -0.15) is 0 Å². The molecule has 0 heterocycles. The molecule has 0 bridgehead atoms. The standard InChI is InChI=1S/C13H19ClN2O2/c1-3-6-16(8-13(18)15-2)11-5-4-10(9-17)12(14)7-11/h4-5,7,17H,3,6,8-9H2,1-2H3,(H,15,18). The molecule has 5 heteroatoms. The van der Waals surface area contributed by atoms with Crippen molar-refractivity contribution in [2.24, 2.45) is 0 Å². The first kappa shape index (κ1) is 14.8.